The summed E-state index contributed by atoms with van der Waals surface area (Å²) in [6.45, 7) is 7.91. The molecule has 4 aromatic rings. The van der Waals surface area contributed by atoms with Gasteiger partial charge in [0.25, 0.3) is 0 Å². The van der Waals surface area contributed by atoms with Crippen LogP contribution in [0.1, 0.15) is 11.1 Å². The number of nitriles is 1. The first kappa shape index (κ1) is 21.7. The average Bonchev–Trinajstić information content (AvgIpc) is 3.33. The zero-order valence-electron chi connectivity index (χ0n) is 18.7. The summed E-state index contributed by atoms with van der Waals surface area (Å²) in [5, 5.41) is 19.6. The molecule has 167 valence electrons. The van der Waals surface area contributed by atoms with Gasteiger partial charge in [-0.2, -0.15) is 10.4 Å². The maximum absolute atomic E-state index is 12.0. The first-order valence-electron chi connectivity index (χ1n) is 10.9. The number of benzene rings is 2. The van der Waals surface area contributed by atoms with E-state index < -0.39 is 0 Å². The predicted molar refractivity (Wildman–Crippen MR) is 135 cm³/mol. The molecule has 0 unspecified atom stereocenters. The van der Waals surface area contributed by atoms with Crippen LogP contribution in [0.5, 0.6) is 0 Å². The molecular weight excluding hydrogens is 442 g/mol. The van der Waals surface area contributed by atoms with Gasteiger partial charge < -0.3 is 15.5 Å². The highest BCUT2D eigenvalue weighted by Gasteiger charge is 2.25. The second-order valence-corrected chi connectivity index (χ2v) is 8.89. The standard InChI is InChI=1S/C25H22N7OSi/c1-3-20(33)31-6-8-32(9-7-31)25-15(11-26)12-28-24-16(25)10-19(34)22(23(24)27)21-14(2)4-5-18-17(21)13-29-30-18/h3-5,10,12-13H,1,6-9,27H2,2H3,(H,29,30). The highest BCUT2D eigenvalue weighted by atomic mass is 28.1. The molecule has 3 radical (unpaired) electrons. The van der Waals surface area contributed by atoms with E-state index in [2.05, 4.69) is 43.0 Å². The molecule has 3 N–H and O–H groups in total. The topological polar surface area (TPSA) is 115 Å². The number of rotatable bonds is 3. The molecule has 0 atom stereocenters. The van der Waals surface area contributed by atoms with Crippen LogP contribution in [0.15, 0.2) is 43.2 Å². The number of nitrogens with two attached hydrogens (primary N) is 1. The van der Waals surface area contributed by atoms with Crippen LogP contribution in [0.25, 0.3) is 32.9 Å². The van der Waals surface area contributed by atoms with Crippen molar-refractivity contribution < 1.29 is 4.79 Å². The first-order valence-corrected chi connectivity index (χ1v) is 11.4. The Balaban J connectivity index is 1.69. The Labute approximate surface area is 200 Å². The fourth-order valence-corrected chi connectivity index (χ4v) is 5.18. The minimum absolute atomic E-state index is 0.0835. The molecule has 1 saturated heterocycles. The minimum Gasteiger partial charge on any atom is -0.396 e. The van der Waals surface area contributed by atoms with E-state index in [0.717, 1.165) is 43.9 Å². The van der Waals surface area contributed by atoms with Crippen molar-refractivity contribution in [2.24, 2.45) is 0 Å². The number of H-pyrrole nitrogens is 1. The summed E-state index contributed by atoms with van der Waals surface area (Å²) in [6, 6.07) is 8.29. The molecule has 1 amide bonds. The number of pyridine rings is 1. The van der Waals surface area contributed by atoms with Gasteiger partial charge in [-0.05, 0) is 30.2 Å². The molecule has 2 aromatic carbocycles. The smallest absolute Gasteiger partial charge is 0.246 e. The Bertz CT molecular complexity index is 1510. The maximum atomic E-state index is 12.0. The molecule has 3 heterocycles. The molecular formula is C25H22N7OSi. The molecule has 0 saturated carbocycles. The lowest BCUT2D eigenvalue weighted by Crippen LogP contribution is -2.48. The summed E-state index contributed by atoms with van der Waals surface area (Å²) in [7, 11) is 3.82. The third-order valence-electron chi connectivity index (χ3n) is 6.46. The third kappa shape index (κ3) is 3.31. The number of aryl methyl sites for hydroxylation is 1. The number of fused-ring (bicyclic) bond motifs is 2. The quantitative estimate of drug-likeness (QED) is 0.273. The van der Waals surface area contributed by atoms with Crippen LogP contribution >= 0.6 is 0 Å². The number of piperazine rings is 1. The van der Waals surface area contributed by atoms with Gasteiger partial charge in [-0.3, -0.25) is 14.9 Å². The van der Waals surface area contributed by atoms with Gasteiger partial charge in [0.15, 0.2) is 0 Å². The maximum Gasteiger partial charge on any atom is 0.246 e. The van der Waals surface area contributed by atoms with E-state index in [1.807, 2.05) is 25.1 Å². The van der Waals surface area contributed by atoms with Crippen molar-refractivity contribution in [3.8, 4) is 17.2 Å². The Morgan fingerprint density at radius 3 is 2.71 bits per heavy atom. The highest BCUT2D eigenvalue weighted by molar-refractivity contribution is 6.39. The normalized spacial score (nSPS) is 13.9. The SMILES string of the molecule is C=CC(=O)N1CCN(c2c(C#N)cnc3c(N)c(-c4c(C)ccc5[nH]ncc45)c([Si])cc23)CC1. The second-order valence-electron chi connectivity index (χ2n) is 8.35. The van der Waals surface area contributed by atoms with Crippen molar-refractivity contribution in [1.29, 1.82) is 5.26 Å². The molecule has 34 heavy (non-hydrogen) atoms. The lowest BCUT2D eigenvalue weighted by Gasteiger charge is -2.36. The molecule has 0 spiro atoms. The number of hydrogen-bond donors (Lipinski definition) is 2. The van der Waals surface area contributed by atoms with E-state index in [0.29, 0.717) is 42.9 Å². The summed E-state index contributed by atoms with van der Waals surface area (Å²) in [5.41, 5.74) is 13.0. The lowest BCUT2D eigenvalue weighted by molar-refractivity contribution is -0.126. The zero-order valence-corrected chi connectivity index (χ0v) is 19.7. The van der Waals surface area contributed by atoms with Crippen LogP contribution < -0.4 is 15.8 Å². The largest absolute Gasteiger partial charge is 0.396 e. The molecule has 2 aromatic heterocycles. The summed E-state index contributed by atoms with van der Waals surface area (Å²) >= 11 is 0. The van der Waals surface area contributed by atoms with Crippen LogP contribution in [-0.4, -0.2) is 62.4 Å². The van der Waals surface area contributed by atoms with E-state index in [-0.39, 0.29) is 5.91 Å². The fraction of sp³-hybridized carbons (Fsp3) is 0.200. The van der Waals surface area contributed by atoms with Crippen molar-refractivity contribution in [3.63, 3.8) is 0 Å². The van der Waals surface area contributed by atoms with Crippen molar-refractivity contribution in [2.75, 3.05) is 36.8 Å². The van der Waals surface area contributed by atoms with E-state index in [4.69, 9.17) is 5.73 Å². The van der Waals surface area contributed by atoms with Gasteiger partial charge in [0.05, 0.1) is 44.4 Å². The summed E-state index contributed by atoms with van der Waals surface area (Å²) < 4.78 is 0. The van der Waals surface area contributed by atoms with Crippen LogP contribution in [0.4, 0.5) is 11.4 Å². The van der Waals surface area contributed by atoms with Crippen LogP contribution in [0, 0.1) is 18.3 Å². The minimum atomic E-state index is -0.0835. The van der Waals surface area contributed by atoms with Crippen LogP contribution in [-0.2, 0) is 4.79 Å². The molecule has 0 aliphatic carbocycles. The van der Waals surface area contributed by atoms with Gasteiger partial charge in [-0.1, -0.05) is 23.9 Å². The van der Waals surface area contributed by atoms with Crippen LogP contribution in [0.2, 0.25) is 0 Å². The van der Waals surface area contributed by atoms with E-state index >= 15 is 0 Å². The van der Waals surface area contributed by atoms with Crippen LogP contribution in [0.3, 0.4) is 0 Å². The summed E-state index contributed by atoms with van der Waals surface area (Å²) in [6.07, 6.45) is 4.71. The number of nitrogens with zero attached hydrogens (tertiary/aromatic N) is 5. The number of nitrogen functional groups attached to an aromatic ring is 1. The number of amides is 1. The highest BCUT2D eigenvalue weighted by Crippen LogP contribution is 2.39. The van der Waals surface area contributed by atoms with Gasteiger partial charge in [-0.15, -0.1) is 0 Å². The molecule has 9 heteroatoms. The molecule has 0 bridgehead atoms. The Kier molecular flexibility index (Phi) is 5.30. The molecule has 1 aliphatic rings. The average molecular weight is 465 g/mol. The van der Waals surface area contributed by atoms with Gasteiger partial charge in [0.2, 0.25) is 5.91 Å². The third-order valence-corrected chi connectivity index (χ3v) is 6.85. The van der Waals surface area contributed by atoms with Gasteiger partial charge >= 0.3 is 0 Å². The first-order chi connectivity index (χ1) is 16.4. The number of carbonyl (C=O) groups is 1. The number of aromatic amines is 1. The second kappa shape index (κ2) is 8.32. The number of nitrogens with one attached hydrogen (secondary N) is 1. The zero-order chi connectivity index (χ0) is 24.0. The predicted octanol–water partition coefficient (Wildman–Crippen LogP) is 2.17. The number of anilines is 2. The summed E-state index contributed by atoms with van der Waals surface area (Å²) in [4.78, 5) is 20.5. The Morgan fingerprint density at radius 1 is 1.24 bits per heavy atom. The van der Waals surface area contributed by atoms with Gasteiger partial charge in [0.1, 0.15) is 6.07 Å². The summed E-state index contributed by atoms with van der Waals surface area (Å²) in [5.74, 6) is -0.0835. The van der Waals surface area contributed by atoms with E-state index in [9.17, 15) is 10.1 Å². The molecule has 8 nitrogen and oxygen atoms in total. The van der Waals surface area contributed by atoms with Crippen molar-refractivity contribution in [3.05, 3.63) is 54.4 Å². The lowest BCUT2D eigenvalue weighted by atomic mass is 9.93. The molecule has 1 fully saturated rings. The van der Waals surface area contributed by atoms with Gasteiger partial charge in [-0.25, -0.2) is 0 Å². The Hall–Kier alpha value is -4.16. The van der Waals surface area contributed by atoms with Crippen molar-refractivity contribution in [2.45, 2.75) is 6.92 Å². The fourth-order valence-electron chi connectivity index (χ4n) is 4.78. The van der Waals surface area contributed by atoms with Gasteiger partial charge in [0, 0.05) is 48.7 Å². The van der Waals surface area contributed by atoms with Crippen molar-refractivity contribution >= 4 is 54.5 Å². The van der Waals surface area contributed by atoms with E-state index in [1.54, 1.807) is 17.3 Å². The Morgan fingerprint density at radius 2 is 2.00 bits per heavy atom. The number of aromatic nitrogens is 3. The number of hydrogen-bond acceptors (Lipinski definition) is 6. The monoisotopic (exact) mass is 464 g/mol. The molecule has 1 aliphatic heterocycles. The van der Waals surface area contributed by atoms with E-state index in [1.165, 1.54) is 6.08 Å². The molecule has 5 rings (SSSR count). The number of carbonyl (C=O) groups excluding carboxylic acids is 1. The van der Waals surface area contributed by atoms with Crippen molar-refractivity contribution in [1.82, 2.24) is 20.1 Å².